The van der Waals surface area contributed by atoms with Crippen LogP contribution in [0.3, 0.4) is 0 Å². The van der Waals surface area contributed by atoms with E-state index in [-0.39, 0.29) is 35.9 Å². The van der Waals surface area contributed by atoms with E-state index < -0.39 is 41.7 Å². The van der Waals surface area contributed by atoms with Gasteiger partial charge in [0.1, 0.15) is 23.8 Å². The lowest BCUT2D eigenvalue weighted by Crippen LogP contribution is -2.62. The summed E-state index contributed by atoms with van der Waals surface area (Å²) in [7, 11) is 0. The predicted molar refractivity (Wildman–Crippen MR) is 142 cm³/mol. The number of nitrogens with zero attached hydrogens (tertiary/aromatic N) is 2. The van der Waals surface area contributed by atoms with Crippen molar-refractivity contribution in [2.45, 2.75) is 83.8 Å². The Morgan fingerprint density at radius 3 is 2.69 bits per heavy atom. The fourth-order valence-electron chi connectivity index (χ4n) is 6.18. The van der Waals surface area contributed by atoms with Crippen LogP contribution in [0.2, 0.25) is 0 Å². The Labute approximate surface area is 227 Å². The van der Waals surface area contributed by atoms with Gasteiger partial charge in [-0.2, -0.15) is 0 Å². The van der Waals surface area contributed by atoms with Gasteiger partial charge in [0.05, 0.1) is 6.42 Å². The zero-order valence-electron chi connectivity index (χ0n) is 22.8. The van der Waals surface area contributed by atoms with Crippen molar-refractivity contribution in [3.63, 3.8) is 0 Å². The van der Waals surface area contributed by atoms with Crippen LogP contribution in [0, 0.1) is 11.3 Å². The van der Waals surface area contributed by atoms with E-state index in [1.165, 1.54) is 0 Å². The molecule has 1 aromatic carbocycles. The van der Waals surface area contributed by atoms with Crippen molar-refractivity contribution in [1.82, 2.24) is 20.5 Å². The molecule has 39 heavy (non-hydrogen) atoms. The Balaban J connectivity index is 1.38. The quantitative estimate of drug-likeness (QED) is 0.521. The lowest BCUT2D eigenvalue weighted by molar-refractivity contribution is -0.165. The van der Waals surface area contributed by atoms with E-state index in [1.54, 1.807) is 18.0 Å². The largest absolute Gasteiger partial charge is 0.433 e. The first-order chi connectivity index (χ1) is 18.6. The van der Waals surface area contributed by atoms with Crippen molar-refractivity contribution in [2.24, 2.45) is 11.3 Å². The fourth-order valence-corrected chi connectivity index (χ4v) is 6.18. The highest BCUT2D eigenvalue weighted by Gasteiger charge is 2.54. The molecule has 3 amide bonds. The number of pyridine rings is 1. The standard InChI is InChI=1S/C29H36N4O6/c1-5-38-28-20(15-21(34)39-28)31-26(36)23-17-10-11-18(14-17)33(23)27(37)24(29(2,3)4)32-25(35)22-19-9-7-6-8-16(19)12-13-30-22/h6-9,12-13,17-18,20,23-24,28H,5,10-11,14-15H2,1-4H3,(H,31,36)(H,32,35)/t17-,18?,20-,23-,24+,28+/m0/s1. The second-order valence-electron chi connectivity index (χ2n) is 11.7. The molecule has 10 nitrogen and oxygen atoms in total. The van der Waals surface area contributed by atoms with Crippen LogP contribution in [0.5, 0.6) is 0 Å². The Morgan fingerprint density at radius 1 is 1.18 bits per heavy atom. The second-order valence-corrected chi connectivity index (χ2v) is 11.7. The zero-order chi connectivity index (χ0) is 27.9. The maximum atomic E-state index is 14.2. The lowest BCUT2D eigenvalue weighted by atomic mass is 9.84. The molecule has 5 rings (SSSR count). The van der Waals surface area contributed by atoms with Crippen molar-refractivity contribution in [1.29, 1.82) is 0 Å². The third-order valence-electron chi connectivity index (χ3n) is 8.01. The number of piperidine rings is 1. The molecule has 1 saturated carbocycles. The minimum Gasteiger partial charge on any atom is -0.433 e. The minimum absolute atomic E-state index is 0.0126. The molecule has 6 atom stereocenters. The van der Waals surface area contributed by atoms with Crippen LogP contribution in [-0.2, 0) is 23.9 Å². The number of hydrogen-bond donors (Lipinski definition) is 2. The number of likely N-dealkylation sites (tertiary alicyclic amines) is 1. The summed E-state index contributed by atoms with van der Waals surface area (Å²) < 4.78 is 10.7. The molecule has 0 radical (unpaired) electrons. The summed E-state index contributed by atoms with van der Waals surface area (Å²) in [6.07, 6.45) is 3.14. The average Bonchev–Trinajstić information content (AvgIpc) is 3.60. The molecule has 208 valence electrons. The van der Waals surface area contributed by atoms with Crippen LogP contribution in [0.15, 0.2) is 36.5 Å². The molecule has 2 aliphatic heterocycles. The van der Waals surface area contributed by atoms with Gasteiger partial charge in [0.2, 0.25) is 18.1 Å². The van der Waals surface area contributed by atoms with E-state index in [4.69, 9.17) is 9.47 Å². The van der Waals surface area contributed by atoms with Gasteiger partial charge in [0, 0.05) is 24.2 Å². The zero-order valence-corrected chi connectivity index (χ0v) is 22.8. The highest BCUT2D eigenvalue weighted by Crippen LogP contribution is 2.44. The number of ether oxygens (including phenoxy) is 2. The van der Waals surface area contributed by atoms with Crippen molar-refractivity contribution < 1.29 is 28.7 Å². The molecule has 3 heterocycles. The van der Waals surface area contributed by atoms with Gasteiger partial charge < -0.3 is 25.0 Å². The highest BCUT2D eigenvalue weighted by atomic mass is 16.7. The molecular formula is C29H36N4O6. The number of hydrogen-bond acceptors (Lipinski definition) is 7. The summed E-state index contributed by atoms with van der Waals surface area (Å²) in [5.41, 5.74) is -0.383. The third-order valence-corrected chi connectivity index (χ3v) is 8.01. The summed E-state index contributed by atoms with van der Waals surface area (Å²) in [5.74, 6) is -1.47. The number of cyclic esters (lactones) is 1. The number of fused-ring (bicyclic) bond motifs is 3. The molecule has 1 aromatic heterocycles. The molecule has 2 aromatic rings. The van der Waals surface area contributed by atoms with Gasteiger partial charge >= 0.3 is 5.97 Å². The van der Waals surface area contributed by atoms with Gasteiger partial charge in [0.15, 0.2) is 0 Å². The number of amides is 3. The van der Waals surface area contributed by atoms with E-state index in [9.17, 15) is 19.2 Å². The normalized spacial score (nSPS) is 26.9. The van der Waals surface area contributed by atoms with Crippen LogP contribution < -0.4 is 10.6 Å². The number of rotatable bonds is 7. The van der Waals surface area contributed by atoms with Gasteiger partial charge in [-0.1, -0.05) is 45.0 Å². The number of esters is 1. The number of benzene rings is 1. The second kappa shape index (κ2) is 10.6. The molecule has 10 heteroatoms. The number of carbonyl (C=O) groups is 4. The van der Waals surface area contributed by atoms with Crippen LogP contribution in [0.4, 0.5) is 0 Å². The number of carbonyl (C=O) groups excluding carboxylic acids is 4. The SMILES string of the molecule is CCO[C@@H]1OC(=O)C[C@@H]1NC(=O)[C@@H]1[C@H]2CCC(C2)N1C(=O)[C@@H](NC(=O)c1nccc2ccccc12)C(C)(C)C. The first-order valence-electron chi connectivity index (χ1n) is 13.7. The molecule has 0 spiro atoms. The maximum Gasteiger partial charge on any atom is 0.310 e. The molecule has 2 bridgehead atoms. The van der Waals surface area contributed by atoms with Gasteiger partial charge in [-0.15, -0.1) is 0 Å². The van der Waals surface area contributed by atoms with E-state index in [0.29, 0.717) is 12.0 Å². The molecule has 1 aliphatic carbocycles. The van der Waals surface area contributed by atoms with Crippen LogP contribution in [0.25, 0.3) is 10.8 Å². The predicted octanol–water partition coefficient (Wildman–Crippen LogP) is 2.55. The van der Waals surface area contributed by atoms with Crippen molar-refractivity contribution in [3.05, 3.63) is 42.2 Å². The van der Waals surface area contributed by atoms with E-state index in [2.05, 4.69) is 15.6 Å². The Bertz CT molecular complexity index is 1280. The summed E-state index contributed by atoms with van der Waals surface area (Å²) in [6, 6.07) is 7.04. The Morgan fingerprint density at radius 2 is 1.95 bits per heavy atom. The Hall–Kier alpha value is -3.53. The van der Waals surface area contributed by atoms with E-state index in [1.807, 2.05) is 51.1 Å². The summed E-state index contributed by atoms with van der Waals surface area (Å²) in [6.45, 7) is 7.80. The van der Waals surface area contributed by atoms with E-state index >= 15 is 0 Å². The molecule has 1 unspecified atom stereocenters. The average molecular weight is 537 g/mol. The van der Waals surface area contributed by atoms with Crippen molar-refractivity contribution in [2.75, 3.05) is 6.61 Å². The summed E-state index contributed by atoms with van der Waals surface area (Å²) >= 11 is 0. The lowest BCUT2D eigenvalue weighted by Gasteiger charge is -2.40. The van der Waals surface area contributed by atoms with Crippen molar-refractivity contribution in [3.8, 4) is 0 Å². The molecule has 3 aliphatic rings. The molecule has 3 fully saturated rings. The smallest absolute Gasteiger partial charge is 0.310 e. The monoisotopic (exact) mass is 536 g/mol. The maximum absolute atomic E-state index is 14.2. The van der Waals surface area contributed by atoms with Crippen molar-refractivity contribution >= 4 is 34.5 Å². The number of aromatic nitrogens is 1. The van der Waals surface area contributed by atoms with Gasteiger partial charge in [-0.05, 0) is 49.0 Å². The third kappa shape index (κ3) is 5.22. The van der Waals surface area contributed by atoms with Gasteiger partial charge in [-0.25, -0.2) is 0 Å². The first-order valence-corrected chi connectivity index (χ1v) is 13.7. The first kappa shape index (κ1) is 27.1. The number of nitrogens with one attached hydrogen (secondary N) is 2. The highest BCUT2D eigenvalue weighted by molar-refractivity contribution is 6.06. The van der Waals surface area contributed by atoms with Crippen LogP contribution >= 0.6 is 0 Å². The minimum atomic E-state index is -0.881. The Kier molecular flexibility index (Phi) is 7.33. The summed E-state index contributed by atoms with van der Waals surface area (Å²) in [4.78, 5) is 59.1. The molecule has 2 N–H and O–H groups in total. The van der Waals surface area contributed by atoms with Gasteiger partial charge in [0.25, 0.3) is 5.91 Å². The topological polar surface area (TPSA) is 127 Å². The van der Waals surface area contributed by atoms with Crippen LogP contribution in [-0.4, -0.2) is 70.6 Å². The van der Waals surface area contributed by atoms with Gasteiger partial charge in [-0.3, -0.25) is 24.2 Å². The summed E-state index contributed by atoms with van der Waals surface area (Å²) in [5, 5.41) is 7.45. The van der Waals surface area contributed by atoms with Crippen LogP contribution in [0.1, 0.15) is 63.9 Å². The molecule has 2 saturated heterocycles. The van der Waals surface area contributed by atoms with E-state index in [0.717, 1.165) is 24.6 Å². The fraction of sp³-hybridized carbons (Fsp3) is 0.552. The molecular weight excluding hydrogens is 500 g/mol.